The van der Waals surface area contributed by atoms with Gasteiger partial charge in [-0.05, 0) is 35.6 Å². The lowest BCUT2D eigenvalue weighted by molar-refractivity contribution is -0.380. The SMILES string of the molecule is CCC(C)(C)c1ccc(-c2nc(NC(=O)c3ccc([N+](=O)[O-])s3)sc2-c2ccc(F)cc2F)cc1. The molecular formula is C25H21F2N3O3S2. The van der Waals surface area contributed by atoms with Crippen molar-refractivity contribution in [3.63, 3.8) is 0 Å². The van der Waals surface area contributed by atoms with Crippen molar-refractivity contribution >= 4 is 38.7 Å². The van der Waals surface area contributed by atoms with E-state index in [-0.39, 0.29) is 26.0 Å². The largest absolute Gasteiger partial charge is 0.324 e. The van der Waals surface area contributed by atoms with Crippen LogP contribution in [0.5, 0.6) is 0 Å². The lowest BCUT2D eigenvalue weighted by atomic mass is 9.82. The first-order valence-corrected chi connectivity index (χ1v) is 12.3. The molecule has 0 unspecified atom stereocenters. The number of benzene rings is 2. The number of nitrogens with zero attached hydrogens (tertiary/aromatic N) is 2. The maximum atomic E-state index is 14.7. The Hall–Kier alpha value is -3.50. The summed E-state index contributed by atoms with van der Waals surface area (Å²) < 4.78 is 28.2. The number of hydrogen-bond donors (Lipinski definition) is 1. The molecule has 0 bridgehead atoms. The number of rotatable bonds is 7. The molecule has 4 rings (SSSR count). The van der Waals surface area contributed by atoms with Crippen molar-refractivity contribution in [3.8, 4) is 21.7 Å². The summed E-state index contributed by atoms with van der Waals surface area (Å²) in [7, 11) is 0. The number of anilines is 1. The van der Waals surface area contributed by atoms with Gasteiger partial charge in [-0.15, -0.1) is 0 Å². The van der Waals surface area contributed by atoms with Crippen LogP contribution < -0.4 is 5.32 Å². The molecule has 0 aliphatic carbocycles. The Morgan fingerprint density at radius 1 is 1.09 bits per heavy atom. The summed E-state index contributed by atoms with van der Waals surface area (Å²) in [6.45, 7) is 6.40. The van der Waals surface area contributed by atoms with E-state index in [2.05, 4.69) is 31.1 Å². The van der Waals surface area contributed by atoms with Gasteiger partial charge in [0.1, 0.15) is 11.6 Å². The quantitative estimate of drug-likeness (QED) is 0.203. The second kappa shape index (κ2) is 9.63. The number of thiophene rings is 1. The smallest absolute Gasteiger partial charge is 0.297 e. The van der Waals surface area contributed by atoms with Gasteiger partial charge in [-0.1, -0.05) is 67.7 Å². The lowest BCUT2D eigenvalue weighted by Gasteiger charge is -2.23. The highest BCUT2D eigenvalue weighted by Crippen LogP contribution is 2.41. The molecule has 10 heteroatoms. The first-order chi connectivity index (χ1) is 16.6. The second-order valence-electron chi connectivity index (χ2n) is 8.48. The Morgan fingerprint density at radius 2 is 1.80 bits per heavy atom. The molecule has 0 saturated carbocycles. The van der Waals surface area contributed by atoms with Gasteiger partial charge in [0.2, 0.25) is 0 Å². The van der Waals surface area contributed by atoms with Gasteiger partial charge >= 0.3 is 5.00 Å². The van der Waals surface area contributed by atoms with Gasteiger partial charge in [-0.25, -0.2) is 13.8 Å². The van der Waals surface area contributed by atoms with Crippen LogP contribution in [0.3, 0.4) is 0 Å². The molecule has 0 spiro atoms. The van der Waals surface area contributed by atoms with Gasteiger partial charge in [0, 0.05) is 23.3 Å². The van der Waals surface area contributed by atoms with E-state index in [1.54, 1.807) is 0 Å². The van der Waals surface area contributed by atoms with Gasteiger partial charge in [0.25, 0.3) is 5.91 Å². The van der Waals surface area contributed by atoms with Gasteiger partial charge in [-0.3, -0.25) is 20.2 Å². The topological polar surface area (TPSA) is 85.1 Å². The molecule has 0 saturated heterocycles. The highest BCUT2D eigenvalue weighted by molar-refractivity contribution is 7.20. The number of nitro groups is 1. The zero-order valence-corrected chi connectivity index (χ0v) is 20.7. The van der Waals surface area contributed by atoms with Crippen LogP contribution in [0.1, 0.15) is 42.4 Å². The van der Waals surface area contributed by atoms with Crippen LogP contribution in [0, 0.1) is 21.7 Å². The molecular weight excluding hydrogens is 492 g/mol. The average Bonchev–Trinajstić information content (AvgIpc) is 3.47. The van der Waals surface area contributed by atoms with Gasteiger partial charge in [0.05, 0.1) is 20.4 Å². The third-order valence-electron chi connectivity index (χ3n) is 5.84. The molecule has 0 aliphatic rings. The summed E-state index contributed by atoms with van der Waals surface area (Å²) >= 11 is 1.79. The minimum atomic E-state index is -0.745. The van der Waals surface area contributed by atoms with Crippen LogP contribution in [0.15, 0.2) is 54.6 Å². The standard InChI is InChI=1S/C25H21F2N3O3S2/c1-4-25(2,3)15-7-5-14(6-8-15)21-22(17-10-9-16(26)13-18(17)27)35-24(28-21)29-23(31)19-11-12-20(34-19)30(32)33/h5-13H,4H2,1-3H3,(H,28,29,31). The molecule has 4 aromatic rings. The van der Waals surface area contributed by atoms with Crippen LogP contribution in [0.4, 0.5) is 18.9 Å². The zero-order valence-electron chi connectivity index (χ0n) is 19.1. The number of hydrogen-bond acceptors (Lipinski definition) is 6. The molecule has 2 aromatic heterocycles. The predicted molar refractivity (Wildman–Crippen MR) is 135 cm³/mol. The Bertz CT molecular complexity index is 1410. The first-order valence-electron chi connectivity index (χ1n) is 10.7. The van der Waals surface area contributed by atoms with E-state index in [9.17, 15) is 23.7 Å². The van der Waals surface area contributed by atoms with E-state index in [0.717, 1.165) is 46.8 Å². The fraction of sp³-hybridized carbons (Fsp3) is 0.200. The van der Waals surface area contributed by atoms with Crippen molar-refractivity contribution in [2.24, 2.45) is 0 Å². The van der Waals surface area contributed by atoms with Crippen LogP contribution in [0.25, 0.3) is 21.7 Å². The predicted octanol–water partition coefficient (Wildman–Crippen LogP) is 7.66. The number of carbonyl (C=O) groups excluding carboxylic acids is 1. The molecule has 1 N–H and O–H groups in total. The molecule has 0 atom stereocenters. The molecule has 0 fully saturated rings. The molecule has 2 heterocycles. The summed E-state index contributed by atoms with van der Waals surface area (Å²) in [5, 5.41) is 13.6. The first kappa shape index (κ1) is 24.6. The summed E-state index contributed by atoms with van der Waals surface area (Å²) in [4.78, 5) is 28.1. The molecule has 1 amide bonds. The van der Waals surface area contributed by atoms with E-state index in [0.29, 0.717) is 16.1 Å². The molecule has 35 heavy (non-hydrogen) atoms. The third kappa shape index (κ3) is 5.13. The fourth-order valence-corrected chi connectivity index (χ4v) is 5.14. The van der Waals surface area contributed by atoms with Crippen molar-refractivity contribution in [2.45, 2.75) is 32.6 Å². The zero-order chi connectivity index (χ0) is 25.3. The maximum absolute atomic E-state index is 14.7. The van der Waals surface area contributed by atoms with Gasteiger partial charge < -0.3 is 0 Å². The molecule has 0 radical (unpaired) electrons. The molecule has 0 aliphatic heterocycles. The number of nitrogens with one attached hydrogen (secondary N) is 1. The summed E-state index contributed by atoms with van der Waals surface area (Å²) in [5.41, 5.74) is 2.43. The van der Waals surface area contributed by atoms with Crippen molar-refractivity contribution < 1.29 is 18.5 Å². The Morgan fingerprint density at radius 3 is 2.40 bits per heavy atom. The summed E-state index contributed by atoms with van der Waals surface area (Å²) in [6.07, 6.45) is 0.951. The number of aromatic nitrogens is 1. The fourth-order valence-electron chi connectivity index (χ4n) is 3.42. The Balaban J connectivity index is 1.74. The highest BCUT2D eigenvalue weighted by Gasteiger charge is 2.23. The molecule has 6 nitrogen and oxygen atoms in total. The highest BCUT2D eigenvalue weighted by atomic mass is 32.1. The summed E-state index contributed by atoms with van der Waals surface area (Å²) in [6, 6.07) is 13.7. The van der Waals surface area contributed by atoms with Gasteiger partial charge in [0.15, 0.2) is 5.13 Å². The van der Waals surface area contributed by atoms with E-state index >= 15 is 0 Å². The van der Waals surface area contributed by atoms with Crippen LogP contribution >= 0.6 is 22.7 Å². The third-order valence-corrected chi connectivity index (χ3v) is 7.88. The lowest BCUT2D eigenvalue weighted by Crippen LogP contribution is -2.14. The second-order valence-corrected chi connectivity index (χ2v) is 10.5. The van der Waals surface area contributed by atoms with E-state index in [1.165, 1.54) is 18.2 Å². The van der Waals surface area contributed by atoms with Gasteiger partial charge in [-0.2, -0.15) is 0 Å². The minimum absolute atomic E-state index is 0.0189. The Labute approximate surface area is 208 Å². The number of thiazole rings is 1. The number of halogens is 2. The summed E-state index contributed by atoms with van der Waals surface area (Å²) in [5.74, 6) is -2.00. The van der Waals surface area contributed by atoms with Crippen LogP contribution in [0.2, 0.25) is 0 Å². The minimum Gasteiger partial charge on any atom is -0.297 e. The van der Waals surface area contributed by atoms with Crippen molar-refractivity contribution in [2.75, 3.05) is 5.32 Å². The molecule has 180 valence electrons. The molecule has 2 aromatic carbocycles. The van der Waals surface area contributed by atoms with Crippen LogP contribution in [-0.4, -0.2) is 15.8 Å². The Kier molecular flexibility index (Phi) is 6.77. The maximum Gasteiger partial charge on any atom is 0.324 e. The normalized spacial score (nSPS) is 11.5. The monoisotopic (exact) mass is 513 g/mol. The number of carbonyl (C=O) groups is 1. The van der Waals surface area contributed by atoms with Crippen molar-refractivity contribution in [1.82, 2.24) is 4.98 Å². The van der Waals surface area contributed by atoms with E-state index in [4.69, 9.17) is 0 Å². The van der Waals surface area contributed by atoms with Crippen molar-refractivity contribution in [3.05, 3.63) is 86.8 Å². The average molecular weight is 514 g/mol. The van der Waals surface area contributed by atoms with Crippen LogP contribution in [-0.2, 0) is 5.41 Å². The van der Waals surface area contributed by atoms with Crippen molar-refractivity contribution in [1.29, 1.82) is 0 Å². The number of amides is 1. The van der Waals surface area contributed by atoms with E-state index in [1.807, 2.05) is 24.3 Å². The van der Waals surface area contributed by atoms with E-state index < -0.39 is 22.5 Å².